The Labute approximate surface area is 117 Å². The average Bonchev–Trinajstić information content (AvgIpc) is 2.33. The van der Waals surface area contributed by atoms with Crippen LogP contribution >= 0.6 is 0 Å². The summed E-state index contributed by atoms with van der Waals surface area (Å²) in [6.45, 7) is 6.05. The first-order valence-electron chi connectivity index (χ1n) is 6.88. The zero-order chi connectivity index (χ0) is 14.3. The first-order valence-corrected chi connectivity index (χ1v) is 8.94. The third kappa shape index (κ3) is 6.21. The maximum atomic E-state index is 11.2. The van der Waals surface area contributed by atoms with Crippen molar-refractivity contribution in [3.63, 3.8) is 0 Å². The number of hydrogen-bond donors (Lipinski definition) is 1. The van der Waals surface area contributed by atoms with Crippen molar-refractivity contribution in [3.8, 4) is 0 Å². The van der Waals surface area contributed by atoms with Crippen molar-refractivity contribution in [2.45, 2.75) is 32.6 Å². The minimum absolute atomic E-state index is 0.279. The average molecular weight is 283 g/mol. The minimum atomic E-state index is -2.85. The van der Waals surface area contributed by atoms with Crippen LogP contribution in [-0.4, -0.2) is 33.5 Å². The molecule has 4 heteroatoms. The normalized spacial score (nSPS) is 13.4. The molecule has 1 aromatic carbocycles. The maximum Gasteiger partial charge on any atom is 0.147 e. The molecule has 0 aliphatic carbocycles. The summed E-state index contributed by atoms with van der Waals surface area (Å²) >= 11 is 0. The second-order valence-electron chi connectivity index (χ2n) is 5.13. The van der Waals surface area contributed by atoms with E-state index in [1.165, 1.54) is 17.4 Å². The smallest absolute Gasteiger partial charge is 0.147 e. The summed E-state index contributed by atoms with van der Waals surface area (Å²) in [6.07, 6.45) is 2.94. The highest BCUT2D eigenvalue weighted by molar-refractivity contribution is 7.90. The summed E-state index contributed by atoms with van der Waals surface area (Å²) in [5.74, 6) is 0.671. The highest BCUT2D eigenvalue weighted by Gasteiger charge is 2.14. The van der Waals surface area contributed by atoms with Gasteiger partial charge in [0.15, 0.2) is 0 Å². The van der Waals surface area contributed by atoms with Gasteiger partial charge in [0, 0.05) is 18.6 Å². The van der Waals surface area contributed by atoms with Crippen LogP contribution in [0.25, 0.3) is 0 Å². The fourth-order valence-corrected chi connectivity index (χ4v) is 3.01. The van der Waals surface area contributed by atoms with Gasteiger partial charge < -0.3 is 5.32 Å². The van der Waals surface area contributed by atoms with E-state index in [9.17, 15) is 8.42 Å². The molecule has 1 rings (SSSR count). The topological polar surface area (TPSA) is 46.2 Å². The van der Waals surface area contributed by atoms with Crippen molar-refractivity contribution >= 4 is 9.84 Å². The van der Waals surface area contributed by atoms with Crippen LogP contribution in [0.5, 0.6) is 0 Å². The summed E-state index contributed by atoms with van der Waals surface area (Å²) < 4.78 is 22.4. The van der Waals surface area contributed by atoms with Gasteiger partial charge in [0.25, 0.3) is 0 Å². The molecule has 1 N–H and O–H groups in total. The molecule has 0 heterocycles. The lowest BCUT2D eigenvalue weighted by Gasteiger charge is -2.19. The van der Waals surface area contributed by atoms with Gasteiger partial charge in [0.05, 0.1) is 0 Å². The van der Waals surface area contributed by atoms with Gasteiger partial charge in [-0.15, -0.1) is 0 Å². The van der Waals surface area contributed by atoms with E-state index < -0.39 is 9.84 Å². The number of aryl methyl sites for hydroxylation is 1. The third-order valence-corrected chi connectivity index (χ3v) is 4.37. The standard InChI is InChI=1S/C15H25NO2S/c1-4-16-12-14(9-7-11-19(3,17)18)15-10-6-5-8-13(15)2/h5-6,8,10,14,16H,4,7,9,11-12H2,1-3H3. The largest absolute Gasteiger partial charge is 0.316 e. The summed E-state index contributed by atoms with van der Waals surface area (Å²) in [7, 11) is -2.85. The molecule has 0 bridgehead atoms. The van der Waals surface area contributed by atoms with Gasteiger partial charge in [-0.1, -0.05) is 31.2 Å². The zero-order valence-electron chi connectivity index (χ0n) is 12.1. The van der Waals surface area contributed by atoms with Crippen molar-refractivity contribution in [2.24, 2.45) is 0 Å². The highest BCUT2D eigenvalue weighted by Crippen LogP contribution is 2.24. The van der Waals surface area contributed by atoms with Gasteiger partial charge in [0.2, 0.25) is 0 Å². The first-order chi connectivity index (χ1) is 8.94. The molecule has 0 saturated heterocycles. The lowest BCUT2D eigenvalue weighted by atomic mass is 9.91. The van der Waals surface area contributed by atoms with Crippen LogP contribution in [0.3, 0.4) is 0 Å². The number of hydrogen-bond acceptors (Lipinski definition) is 3. The SMILES string of the molecule is CCNCC(CCCS(C)(=O)=O)c1ccccc1C. The number of nitrogens with one attached hydrogen (secondary N) is 1. The van der Waals surface area contributed by atoms with Gasteiger partial charge in [-0.2, -0.15) is 0 Å². The Morgan fingerprint density at radius 1 is 1.26 bits per heavy atom. The molecule has 0 fully saturated rings. The highest BCUT2D eigenvalue weighted by atomic mass is 32.2. The molecule has 1 unspecified atom stereocenters. The molecule has 108 valence electrons. The fraction of sp³-hybridized carbons (Fsp3) is 0.600. The lowest BCUT2D eigenvalue weighted by Crippen LogP contribution is -2.22. The Balaban J connectivity index is 2.69. The van der Waals surface area contributed by atoms with E-state index in [4.69, 9.17) is 0 Å². The summed E-state index contributed by atoms with van der Waals surface area (Å²) in [5.41, 5.74) is 2.61. The van der Waals surface area contributed by atoms with E-state index in [-0.39, 0.29) is 5.75 Å². The molecule has 3 nitrogen and oxygen atoms in total. The van der Waals surface area contributed by atoms with E-state index in [0.29, 0.717) is 5.92 Å². The Morgan fingerprint density at radius 3 is 2.53 bits per heavy atom. The molecule has 1 aromatic rings. The first kappa shape index (κ1) is 16.2. The van der Waals surface area contributed by atoms with E-state index in [2.05, 4.69) is 37.4 Å². The second-order valence-corrected chi connectivity index (χ2v) is 7.39. The quantitative estimate of drug-likeness (QED) is 0.797. The van der Waals surface area contributed by atoms with Crippen LogP contribution in [0.15, 0.2) is 24.3 Å². The van der Waals surface area contributed by atoms with Crippen molar-refractivity contribution in [3.05, 3.63) is 35.4 Å². The molecule has 0 saturated carbocycles. The molecule has 19 heavy (non-hydrogen) atoms. The Bertz CT molecular complexity index is 483. The lowest BCUT2D eigenvalue weighted by molar-refractivity contribution is 0.547. The third-order valence-electron chi connectivity index (χ3n) is 3.34. The van der Waals surface area contributed by atoms with Crippen molar-refractivity contribution in [1.29, 1.82) is 0 Å². The molecule has 0 aliphatic heterocycles. The van der Waals surface area contributed by atoms with Gasteiger partial charge in [-0.05, 0) is 43.4 Å². The number of benzene rings is 1. The Kier molecular flexibility index (Phi) is 6.52. The van der Waals surface area contributed by atoms with Gasteiger partial charge in [-0.3, -0.25) is 0 Å². The molecular formula is C15H25NO2S. The Morgan fingerprint density at radius 2 is 1.95 bits per heavy atom. The minimum Gasteiger partial charge on any atom is -0.316 e. The maximum absolute atomic E-state index is 11.2. The zero-order valence-corrected chi connectivity index (χ0v) is 13.0. The van der Waals surface area contributed by atoms with Crippen molar-refractivity contribution in [1.82, 2.24) is 5.32 Å². The van der Waals surface area contributed by atoms with E-state index in [0.717, 1.165) is 25.9 Å². The predicted molar refractivity (Wildman–Crippen MR) is 81.4 cm³/mol. The number of sulfone groups is 1. The molecular weight excluding hydrogens is 258 g/mol. The van der Waals surface area contributed by atoms with Gasteiger partial charge >= 0.3 is 0 Å². The number of likely N-dealkylation sites (N-methyl/N-ethyl adjacent to an activating group) is 1. The van der Waals surface area contributed by atoms with E-state index in [1.807, 2.05) is 6.07 Å². The van der Waals surface area contributed by atoms with Crippen LogP contribution in [0, 0.1) is 6.92 Å². The summed E-state index contributed by atoms with van der Waals surface area (Å²) in [6, 6.07) is 8.36. The molecule has 0 aliphatic rings. The van der Waals surface area contributed by atoms with Crippen LogP contribution in [0.1, 0.15) is 36.8 Å². The van der Waals surface area contributed by atoms with Crippen LogP contribution in [0.2, 0.25) is 0 Å². The fourth-order valence-electron chi connectivity index (χ4n) is 2.32. The second kappa shape index (κ2) is 7.65. The monoisotopic (exact) mass is 283 g/mol. The van der Waals surface area contributed by atoms with E-state index >= 15 is 0 Å². The molecule has 0 amide bonds. The van der Waals surface area contributed by atoms with Gasteiger partial charge in [-0.25, -0.2) is 8.42 Å². The van der Waals surface area contributed by atoms with Crippen molar-refractivity contribution in [2.75, 3.05) is 25.1 Å². The molecule has 0 spiro atoms. The number of rotatable bonds is 8. The van der Waals surface area contributed by atoms with E-state index in [1.54, 1.807) is 0 Å². The molecule has 0 aromatic heterocycles. The van der Waals surface area contributed by atoms with Crippen LogP contribution in [0.4, 0.5) is 0 Å². The predicted octanol–water partition coefficient (Wildman–Crippen LogP) is 2.51. The Hall–Kier alpha value is -0.870. The van der Waals surface area contributed by atoms with Crippen LogP contribution < -0.4 is 5.32 Å². The van der Waals surface area contributed by atoms with Gasteiger partial charge in [0.1, 0.15) is 9.84 Å². The molecule has 1 atom stereocenters. The molecule has 0 radical (unpaired) electrons. The summed E-state index contributed by atoms with van der Waals surface area (Å²) in [5, 5.41) is 3.37. The van der Waals surface area contributed by atoms with Crippen molar-refractivity contribution < 1.29 is 8.42 Å². The summed E-state index contributed by atoms with van der Waals surface area (Å²) in [4.78, 5) is 0. The van der Waals surface area contributed by atoms with Crippen LogP contribution in [-0.2, 0) is 9.84 Å².